The van der Waals surface area contributed by atoms with Gasteiger partial charge in [-0.15, -0.1) is 5.10 Å². The van der Waals surface area contributed by atoms with Gasteiger partial charge in [-0.25, -0.2) is 0 Å². The summed E-state index contributed by atoms with van der Waals surface area (Å²) in [7, 11) is 0. The summed E-state index contributed by atoms with van der Waals surface area (Å²) in [5.74, 6) is 0.387. The van der Waals surface area contributed by atoms with E-state index in [2.05, 4.69) is 110 Å². The molecule has 1 aliphatic heterocycles. The Morgan fingerprint density at radius 3 is 2.40 bits per heavy atom. The zero-order valence-electron chi connectivity index (χ0n) is 33.2. The standard InChI is InChI=1S/C40H68N6O4/c1-13-42-39(12,34(5,6)7)22-50-31-28(46-44-33(41)43-45-46)20-35(8)21-49-23-40(31)27-16-17-38(11)30(32(47)48)36(9,25(4)24(2)3)18-19-37(38,10)26(27)14-15-29(35)40/h16,24-26,28-31,42H,13-15,17-23H2,1-12H3,(H2,41,44)(H,47,48)/t25-,26+,28-,29-,30-,31+,35-,36-,37-,38+,39+,40+/m1/s1. The van der Waals surface area contributed by atoms with Crippen LogP contribution < -0.4 is 11.1 Å². The van der Waals surface area contributed by atoms with Crippen molar-refractivity contribution in [1.29, 1.82) is 0 Å². The third-order valence-corrected chi connectivity index (χ3v) is 16.5. The highest BCUT2D eigenvalue weighted by Crippen LogP contribution is 2.75. The summed E-state index contributed by atoms with van der Waals surface area (Å²) >= 11 is 0. The number of aliphatic carboxylic acids is 1. The van der Waals surface area contributed by atoms with Crippen LogP contribution in [0.4, 0.5) is 5.95 Å². The average molecular weight is 697 g/mol. The molecule has 6 rings (SSSR count). The van der Waals surface area contributed by atoms with Gasteiger partial charge in [-0.1, -0.05) is 92.9 Å². The molecule has 50 heavy (non-hydrogen) atoms. The summed E-state index contributed by atoms with van der Waals surface area (Å²) in [6.07, 6.45) is 7.82. The van der Waals surface area contributed by atoms with Gasteiger partial charge >= 0.3 is 5.97 Å². The van der Waals surface area contributed by atoms with Crippen molar-refractivity contribution in [3.8, 4) is 0 Å². The maximum Gasteiger partial charge on any atom is 0.307 e. The summed E-state index contributed by atoms with van der Waals surface area (Å²) in [6, 6.07) is -0.176. The number of carbonyl (C=O) groups is 1. The molecule has 5 aliphatic rings. The first-order chi connectivity index (χ1) is 23.1. The van der Waals surface area contributed by atoms with Crippen LogP contribution in [0.25, 0.3) is 0 Å². The van der Waals surface area contributed by atoms with E-state index < -0.39 is 22.7 Å². The molecule has 1 saturated heterocycles. The number of nitrogen functional groups attached to an aromatic ring is 1. The lowest BCUT2D eigenvalue weighted by atomic mass is 9.34. The zero-order chi connectivity index (χ0) is 36.9. The lowest BCUT2D eigenvalue weighted by Gasteiger charge is -2.71. The number of hydrogen-bond donors (Lipinski definition) is 3. The van der Waals surface area contributed by atoms with E-state index in [1.165, 1.54) is 5.57 Å². The first-order valence-corrected chi connectivity index (χ1v) is 19.6. The normalized spacial score (nSPS) is 43.2. The minimum atomic E-state index is -0.635. The number of tetrazole rings is 1. The largest absolute Gasteiger partial charge is 0.481 e. The van der Waals surface area contributed by atoms with E-state index in [9.17, 15) is 9.90 Å². The fourth-order valence-corrected chi connectivity index (χ4v) is 12.6. The van der Waals surface area contributed by atoms with E-state index >= 15 is 0 Å². The van der Waals surface area contributed by atoms with Gasteiger partial charge < -0.3 is 25.6 Å². The van der Waals surface area contributed by atoms with Gasteiger partial charge in [-0.3, -0.25) is 4.79 Å². The molecule has 10 heteroatoms. The molecule has 0 aromatic carbocycles. The van der Waals surface area contributed by atoms with E-state index in [1.54, 1.807) is 4.80 Å². The number of nitrogens with two attached hydrogens (primary N) is 1. The molecule has 3 saturated carbocycles. The number of ether oxygens (including phenoxy) is 2. The van der Waals surface area contributed by atoms with E-state index in [-0.39, 0.29) is 51.2 Å². The number of anilines is 1. The molecule has 282 valence electrons. The van der Waals surface area contributed by atoms with Crippen LogP contribution in [0.15, 0.2) is 11.6 Å². The van der Waals surface area contributed by atoms with Crippen molar-refractivity contribution in [2.75, 3.05) is 32.1 Å². The Morgan fingerprint density at radius 1 is 1.12 bits per heavy atom. The van der Waals surface area contributed by atoms with E-state index in [1.807, 2.05) is 0 Å². The molecule has 0 radical (unpaired) electrons. The third kappa shape index (κ3) is 5.18. The highest BCUT2D eigenvalue weighted by atomic mass is 16.5. The number of nitrogens with zero attached hydrogens (tertiary/aromatic N) is 4. The minimum absolute atomic E-state index is 0.0695. The Labute approximate surface area is 301 Å². The molecule has 0 amide bonds. The van der Waals surface area contributed by atoms with Gasteiger partial charge in [-0.05, 0) is 108 Å². The van der Waals surface area contributed by atoms with Crippen LogP contribution >= 0.6 is 0 Å². The second kappa shape index (κ2) is 12.3. The van der Waals surface area contributed by atoms with Gasteiger partial charge in [-0.2, -0.15) is 4.80 Å². The molecular weight excluding hydrogens is 628 g/mol. The number of aromatic nitrogens is 4. The quantitative estimate of drug-likeness (QED) is 0.229. The Balaban J connectivity index is 1.52. The van der Waals surface area contributed by atoms with Crippen LogP contribution in [0.3, 0.4) is 0 Å². The summed E-state index contributed by atoms with van der Waals surface area (Å²) in [4.78, 5) is 15.3. The predicted molar refractivity (Wildman–Crippen MR) is 196 cm³/mol. The first-order valence-electron chi connectivity index (χ1n) is 19.6. The molecule has 4 fully saturated rings. The van der Waals surface area contributed by atoms with Crippen molar-refractivity contribution >= 4 is 11.9 Å². The Bertz CT molecular complexity index is 1490. The average Bonchev–Trinajstić information content (AvgIpc) is 3.45. The summed E-state index contributed by atoms with van der Waals surface area (Å²) in [6.45, 7) is 30.1. The molecule has 1 aromatic heterocycles. The number of fused-ring (bicyclic) bond motifs is 3. The molecule has 12 atom stereocenters. The van der Waals surface area contributed by atoms with Crippen molar-refractivity contribution < 1.29 is 19.4 Å². The molecule has 1 aromatic rings. The maximum absolute atomic E-state index is 13.6. The Morgan fingerprint density at radius 2 is 1.82 bits per heavy atom. The van der Waals surface area contributed by atoms with E-state index in [4.69, 9.17) is 15.2 Å². The van der Waals surface area contributed by atoms with Gasteiger partial charge in [0.15, 0.2) is 0 Å². The Kier molecular flexibility index (Phi) is 9.24. The molecule has 0 spiro atoms. The maximum atomic E-state index is 13.6. The summed E-state index contributed by atoms with van der Waals surface area (Å²) < 4.78 is 14.2. The SMILES string of the molecule is CCN[C@@](C)(CO[C@H]1[C@H](n2nnc(N)n2)C[C@]2(C)COC[C@@]13C1=CC[C@@]4(C)[C@H](C(=O)O)[C@@](C)([C@H](C)C(C)C)CC[C@]4(C)[C@H]1CC[C@H]23)C(C)(C)C. The zero-order valence-corrected chi connectivity index (χ0v) is 33.2. The van der Waals surface area contributed by atoms with Crippen LogP contribution in [-0.4, -0.2) is 69.3 Å². The second-order valence-corrected chi connectivity index (χ2v) is 20.0. The molecule has 2 bridgehead atoms. The fraction of sp³-hybridized carbons (Fsp3) is 0.900. The second-order valence-electron chi connectivity index (χ2n) is 20.0. The summed E-state index contributed by atoms with van der Waals surface area (Å²) in [5.41, 5.74) is 5.79. The highest BCUT2D eigenvalue weighted by molar-refractivity contribution is 5.73. The number of allylic oxidation sites excluding steroid dienone is 1. The van der Waals surface area contributed by atoms with Crippen molar-refractivity contribution in [2.24, 2.45) is 62.1 Å². The minimum Gasteiger partial charge on any atom is -0.481 e. The van der Waals surface area contributed by atoms with Gasteiger partial charge in [0.05, 0.1) is 31.8 Å². The van der Waals surface area contributed by atoms with Gasteiger partial charge in [0.1, 0.15) is 6.04 Å². The lowest BCUT2D eigenvalue weighted by molar-refractivity contribution is -0.257. The van der Waals surface area contributed by atoms with Crippen molar-refractivity contribution in [1.82, 2.24) is 25.5 Å². The van der Waals surface area contributed by atoms with Gasteiger partial charge in [0.2, 0.25) is 0 Å². The predicted octanol–water partition coefficient (Wildman–Crippen LogP) is 7.18. The van der Waals surface area contributed by atoms with E-state index in [0.29, 0.717) is 37.6 Å². The first kappa shape index (κ1) is 37.7. The van der Waals surface area contributed by atoms with Crippen LogP contribution in [0.5, 0.6) is 0 Å². The molecular formula is C40H68N6O4. The number of rotatable bonds is 9. The van der Waals surface area contributed by atoms with Crippen molar-refractivity contribution in [2.45, 2.75) is 139 Å². The number of nitrogens with one attached hydrogen (secondary N) is 1. The lowest BCUT2D eigenvalue weighted by Crippen LogP contribution is -2.70. The van der Waals surface area contributed by atoms with Crippen LogP contribution in [0.2, 0.25) is 0 Å². The number of hydrogen-bond acceptors (Lipinski definition) is 8. The van der Waals surface area contributed by atoms with E-state index in [0.717, 1.165) is 45.1 Å². The van der Waals surface area contributed by atoms with Crippen LogP contribution in [-0.2, 0) is 14.3 Å². The molecule has 4 N–H and O–H groups in total. The van der Waals surface area contributed by atoms with Crippen molar-refractivity contribution in [3.05, 3.63) is 11.6 Å². The molecule has 2 heterocycles. The number of carboxylic acid groups (broad SMARTS) is 1. The van der Waals surface area contributed by atoms with Gasteiger partial charge in [0.25, 0.3) is 5.95 Å². The molecule has 4 aliphatic carbocycles. The molecule has 10 nitrogen and oxygen atoms in total. The summed E-state index contributed by atoms with van der Waals surface area (Å²) in [5, 5.41) is 28.2. The fourth-order valence-electron chi connectivity index (χ4n) is 12.6. The third-order valence-electron chi connectivity index (χ3n) is 16.5. The molecule has 0 unspecified atom stereocenters. The number of carboxylic acids is 1. The number of likely N-dealkylation sites (N-methyl/N-ethyl adjacent to an activating group) is 1. The van der Waals surface area contributed by atoms with Crippen LogP contribution in [0.1, 0.15) is 128 Å². The highest BCUT2D eigenvalue weighted by Gasteiger charge is 2.73. The van der Waals surface area contributed by atoms with Crippen LogP contribution in [0, 0.1) is 62.1 Å². The van der Waals surface area contributed by atoms with Gasteiger partial charge in [0, 0.05) is 11.0 Å². The van der Waals surface area contributed by atoms with Crippen molar-refractivity contribution in [3.63, 3.8) is 0 Å². The topological polar surface area (TPSA) is 137 Å². The smallest absolute Gasteiger partial charge is 0.307 e. The Hall–Kier alpha value is -2.04. The monoisotopic (exact) mass is 697 g/mol.